The second-order valence-electron chi connectivity index (χ2n) is 3.64. The highest BCUT2D eigenvalue weighted by molar-refractivity contribution is 7.86. The van der Waals surface area contributed by atoms with E-state index < -0.39 is 16.0 Å². The molecule has 0 saturated carbocycles. The Morgan fingerprint density at radius 3 is 3.00 bits per heavy atom. The van der Waals surface area contributed by atoms with Crippen LogP contribution in [0.15, 0.2) is 23.4 Å². The molecule has 100 valence electrons. The minimum Gasteiger partial charge on any atom is -0.396 e. The molecule has 0 spiro atoms. The number of amides is 1. The van der Waals surface area contributed by atoms with E-state index in [0.717, 1.165) is 0 Å². The number of anilines is 1. The highest BCUT2D eigenvalue weighted by Gasteiger charge is 2.22. The van der Waals surface area contributed by atoms with Gasteiger partial charge in [-0.2, -0.15) is 0 Å². The van der Waals surface area contributed by atoms with Gasteiger partial charge in [0.1, 0.15) is 5.25 Å². The Hall–Kier alpha value is -1.47. The molecular weight excluding hydrogens is 254 g/mol. The maximum absolute atomic E-state index is 12.2. The summed E-state index contributed by atoms with van der Waals surface area (Å²) in [4.78, 5) is 16.0. The van der Waals surface area contributed by atoms with Gasteiger partial charge in [-0.25, -0.2) is 0 Å². The number of methoxy groups -OCH3 is 1. The van der Waals surface area contributed by atoms with E-state index in [1.807, 2.05) is 0 Å². The van der Waals surface area contributed by atoms with Gasteiger partial charge >= 0.3 is 0 Å². The summed E-state index contributed by atoms with van der Waals surface area (Å²) in [6.07, 6.45) is 2.92. The van der Waals surface area contributed by atoms with Crippen molar-refractivity contribution in [2.24, 2.45) is 0 Å². The molecule has 1 rings (SSSR count). The molecular formula is C11H17N3O3S. The van der Waals surface area contributed by atoms with Crippen molar-refractivity contribution in [3.8, 4) is 0 Å². The number of carbonyl (C=O) groups is 1. The molecule has 0 aromatic carbocycles. The van der Waals surface area contributed by atoms with Crippen LogP contribution in [0, 0.1) is 0 Å². The molecule has 1 aromatic rings. The highest BCUT2D eigenvalue weighted by atomic mass is 32.2. The molecule has 0 aliphatic rings. The van der Waals surface area contributed by atoms with E-state index in [2.05, 4.69) is 10.3 Å². The van der Waals surface area contributed by atoms with Crippen molar-refractivity contribution in [3.05, 3.63) is 18.5 Å². The number of nitrogens with two attached hydrogens (primary N) is 1. The lowest BCUT2D eigenvalue weighted by Gasteiger charge is -2.12. The summed E-state index contributed by atoms with van der Waals surface area (Å²) in [5.74, 6) is -0.290. The van der Waals surface area contributed by atoms with Crippen LogP contribution in [0.1, 0.15) is 6.92 Å². The summed E-state index contributed by atoms with van der Waals surface area (Å²) in [5.41, 5.74) is 6.00. The fourth-order valence-electron chi connectivity index (χ4n) is 1.28. The van der Waals surface area contributed by atoms with E-state index >= 15 is 0 Å². The average Bonchev–Trinajstić information content (AvgIpc) is 2.38. The number of ether oxygens (including phenoxy) is 1. The van der Waals surface area contributed by atoms with E-state index in [-0.39, 0.29) is 5.91 Å². The third-order valence-electron chi connectivity index (χ3n) is 2.32. The second-order valence-corrected chi connectivity index (χ2v) is 5.38. The molecule has 3 N–H and O–H groups in total. The fraction of sp³-hybridized carbons (Fsp3) is 0.455. The van der Waals surface area contributed by atoms with Gasteiger partial charge < -0.3 is 15.8 Å². The van der Waals surface area contributed by atoms with Crippen molar-refractivity contribution in [2.45, 2.75) is 17.1 Å². The molecule has 0 saturated heterocycles. The Balaban J connectivity index is 2.67. The molecule has 18 heavy (non-hydrogen) atoms. The minimum absolute atomic E-state index is 0.290. The first-order valence-corrected chi connectivity index (χ1v) is 6.66. The van der Waals surface area contributed by atoms with Gasteiger partial charge in [0.05, 0.1) is 34.2 Å². The largest absolute Gasteiger partial charge is 0.396 e. The third kappa shape index (κ3) is 3.78. The van der Waals surface area contributed by atoms with Crippen molar-refractivity contribution < 1.29 is 13.7 Å². The van der Waals surface area contributed by atoms with Crippen LogP contribution in [0.5, 0.6) is 0 Å². The van der Waals surface area contributed by atoms with Crippen molar-refractivity contribution in [2.75, 3.05) is 26.0 Å². The van der Waals surface area contributed by atoms with Crippen molar-refractivity contribution in [3.63, 3.8) is 0 Å². The standard InChI is InChI=1S/C11H17N3O3S/c1-8(11(15)14-5-6-17-2)18(16)10-3-4-13-7-9(10)12/h3-4,7-8H,5-6,12H2,1-2H3,(H,14,15). The van der Waals surface area contributed by atoms with Gasteiger partial charge in [-0.05, 0) is 13.0 Å². The first-order chi connectivity index (χ1) is 8.57. The molecule has 2 unspecified atom stereocenters. The van der Waals surface area contributed by atoms with Gasteiger partial charge in [-0.3, -0.25) is 14.0 Å². The van der Waals surface area contributed by atoms with Crippen LogP contribution in [0.4, 0.5) is 5.69 Å². The predicted molar refractivity (Wildman–Crippen MR) is 69.4 cm³/mol. The highest BCUT2D eigenvalue weighted by Crippen LogP contribution is 2.17. The summed E-state index contributed by atoms with van der Waals surface area (Å²) in [6, 6.07) is 1.56. The predicted octanol–water partition coefficient (Wildman–Crippen LogP) is -0.0775. The van der Waals surface area contributed by atoms with Crippen LogP contribution >= 0.6 is 0 Å². The summed E-state index contributed by atoms with van der Waals surface area (Å²) in [5, 5.41) is 1.97. The Bertz CT molecular complexity index is 439. The quantitative estimate of drug-likeness (QED) is 0.706. The number of nitrogens with one attached hydrogen (secondary N) is 1. The van der Waals surface area contributed by atoms with Gasteiger partial charge in [-0.15, -0.1) is 0 Å². The topological polar surface area (TPSA) is 94.3 Å². The third-order valence-corrected chi connectivity index (χ3v) is 3.98. The van der Waals surface area contributed by atoms with Gasteiger partial charge in [-0.1, -0.05) is 0 Å². The lowest BCUT2D eigenvalue weighted by molar-refractivity contribution is -0.120. The Morgan fingerprint density at radius 2 is 2.39 bits per heavy atom. The van der Waals surface area contributed by atoms with Crippen molar-refractivity contribution >= 4 is 22.4 Å². The molecule has 0 fully saturated rings. The van der Waals surface area contributed by atoms with Crippen molar-refractivity contribution in [1.29, 1.82) is 0 Å². The lowest BCUT2D eigenvalue weighted by Crippen LogP contribution is -2.37. The number of nitrogen functional groups attached to an aromatic ring is 1. The van der Waals surface area contributed by atoms with E-state index in [1.165, 1.54) is 12.4 Å². The molecule has 0 aliphatic heterocycles. The fourth-order valence-corrected chi connectivity index (χ4v) is 2.42. The molecule has 1 amide bonds. The number of hydrogen-bond donors (Lipinski definition) is 2. The summed E-state index contributed by atoms with van der Waals surface area (Å²) in [7, 11) is 0.0539. The van der Waals surface area contributed by atoms with Gasteiger partial charge in [0, 0.05) is 19.9 Å². The van der Waals surface area contributed by atoms with E-state index in [9.17, 15) is 9.00 Å². The molecule has 0 radical (unpaired) electrons. The molecule has 1 aromatic heterocycles. The normalized spacial score (nSPS) is 13.9. The van der Waals surface area contributed by atoms with Crippen LogP contribution in [0.25, 0.3) is 0 Å². The first kappa shape index (κ1) is 14.6. The monoisotopic (exact) mass is 271 g/mol. The first-order valence-electron chi connectivity index (χ1n) is 5.44. The number of nitrogens with zero attached hydrogens (tertiary/aromatic N) is 1. The Kier molecular flexibility index (Phi) is 5.73. The van der Waals surface area contributed by atoms with Crippen LogP contribution in [-0.4, -0.2) is 40.6 Å². The average molecular weight is 271 g/mol. The maximum Gasteiger partial charge on any atom is 0.235 e. The number of pyridine rings is 1. The number of aromatic nitrogens is 1. The lowest BCUT2D eigenvalue weighted by atomic mass is 10.4. The summed E-state index contributed by atoms with van der Waals surface area (Å²) >= 11 is 0. The summed E-state index contributed by atoms with van der Waals surface area (Å²) < 4.78 is 17.0. The zero-order valence-corrected chi connectivity index (χ0v) is 11.2. The SMILES string of the molecule is COCCNC(=O)C(C)S(=O)c1ccncc1N. The van der Waals surface area contributed by atoms with Gasteiger partial charge in [0.2, 0.25) is 5.91 Å². The van der Waals surface area contributed by atoms with Crippen LogP contribution < -0.4 is 11.1 Å². The molecule has 1 heterocycles. The molecule has 7 heteroatoms. The van der Waals surface area contributed by atoms with Crippen LogP contribution in [0.3, 0.4) is 0 Å². The summed E-state index contributed by atoms with van der Waals surface area (Å²) in [6.45, 7) is 2.41. The van der Waals surface area contributed by atoms with Crippen LogP contribution in [0.2, 0.25) is 0 Å². The molecule has 0 bridgehead atoms. The second kappa shape index (κ2) is 7.07. The number of hydrogen-bond acceptors (Lipinski definition) is 5. The number of rotatable bonds is 6. The van der Waals surface area contributed by atoms with Gasteiger partial charge in [0.25, 0.3) is 0 Å². The zero-order chi connectivity index (χ0) is 13.5. The maximum atomic E-state index is 12.2. The van der Waals surface area contributed by atoms with E-state index in [1.54, 1.807) is 20.1 Å². The van der Waals surface area contributed by atoms with E-state index in [0.29, 0.717) is 23.7 Å². The Morgan fingerprint density at radius 1 is 1.67 bits per heavy atom. The molecule has 6 nitrogen and oxygen atoms in total. The van der Waals surface area contributed by atoms with Crippen molar-refractivity contribution in [1.82, 2.24) is 10.3 Å². The van der Waals surface area contributed by atoms with Gasteiger partial charge in [0.15, 0.2) is 0 Å². The minimum atomic E-state index is -1.49. The number of carbonyl (C=O) groups excluding carboxylic acids is 1. The zero-order valence-electron chi connectivity index (χ0n) is 10.4. The smallest absolute Gasteiger partial charge is 0.235 e. The molecule has 2 atom stereocenters. The Labute approximate surface area is 108 Å². The van der Waals surface area contributed by atoms with Crippen LogP contribution in [-0.2, 0) is 20.3 Å². The van der Waals surface area contributed by atoms with E-state index in [4.69, 9.17) is 10.5 Å². The molecule has 0 aliphatic carbocycles.